The first-order valence-corrected chi connectivity index (χ1v) is 5.85. The van der Waals surface area contributed by atoms with Crippen LogP contribution in [0.25, 0.3) is 0 Å². The second-order valence-corrected chi connectivity index (χ2v) is 3.87. The van der Waals surface area contributed by atoms with Gasteiger partial charge in [-0.05, 0) is 13.3 Å². The number of nitrogens with zero attached hydrogens (tertiary/aromatic N) is 2. The van der Waals surface area contributed by atoms with Gasteiger partial charge in [0.1, 0.15) is 0 Å². The van der Waals surface area contributed by atoms with Crippen LogP contribution in [0, 0.1) is 6.92 Å². The second kappa shape index (κ2) is 6.83. The van der Waals surface area contributed by atoms with E-state index >= 15 is 0 Å². The Balaban J connectivity index is 2.45. The Morgan fingerprint density at radius 2 is 2.18 bits per heavy atom. The molecule has 0 aromatic carbocycles. The fraction of sp³-hybridized carbons (Fsp3) is 0.583. The van der Waals surface area contributed by atoms with E-state index in [2.05, 4.69) is 16.9 Å². The molecule has 0 amide bonds. The van der Waals surface area contributed by atoms with Crippen LogP contribution in [0.3, 0.4) is 0 Å². The predicted octanol–water partition coefficient (Wildman–Crippen LogP) is 2.44. The number of carbonyl (C=O) groups is 1. The molecule has 1 aromatic heterocycles. The molecule has 5 heteroatoms. The van der Waals surface area contributed by atoms with Crippen molar-refractivity contribution in [1.82, 2.24) is 9.97 Å². The van der Waals surface area contributed by atoms with Gasteiger partial charge in [0.15, 0.2) is 0 Å². The predicted molar refractivity (Wildman–Crippen MR) is 63.4 cm³/mol. The minimum absolute atomic E-state index is 0.114. The van der Waals surface area contributed by atoms with Crippen LogP contribution >= 0.6 is 0 Å². The highest BCUT2D eigenvalue weighted by Crippen LogP contribution is 2.09. The summed E-state index contributed by atoms with van der Waals surface area (Å²) in [4.78, 5) is 18.6. The van der Waals surface area contributed by atoms with Gasteiger partial charge in [0, 0.05) is 6.20 Å². The van der Waals surface area contributed by atoms with Crippen molar-refractivity contribution in [3.05, 3.63) is 17.5 Å². The van der Waals surface area contributed by atoms with Crippen molar-refractivity contribution in [3.63, 3.8) is 0 Å². The molecular weight excluding hydrogens is 220 g/mol. The third kappa shape index (κ3) is 4.38. The highest BCUT2D eigenvalue weighted by atomic mass is 16.5. The van der Waals surface area contributed by atoms with E-state index in [1.165, 1.54) is 19.0 Å². The smallest absolute Gasteiger partial charge is 0.339 e. The summed E-state index contributed by atoms with van der Waals surface area (Å²) in [6.07, 6.45) is 5.76. The van der Waals surface area contributed by atoms with E-state index in [4.69, 9.17) is 9.84 Å². The van der Waals surface area contributed by atoms with Gasteiger partial charge in [0.05, 0.1) is 17.9 Å². The Morgan fingerprint density at radius 1 is 1.41 bits per heavy atom. The van der Waals surface area contributed by atoms with Crippen molar-refractivity contribution < 1.29 is 14.6 Å². The molecule has 1 heterocycles. The van der Waals surface area contributed by atoms with Crippen LogP contribution < -0.4 is 4.74 Å². The number of hydrogen-bond donors (Lipinski definition) is 1. The molecule has 94 valence electrons. The Morgan fingerprint density at radius 3 is 2.76 bits per heavy atom. The Hall–Kier alpha value is -1.65. The largest absolute Gasteiger partial charge is 0.478 e. The number of aryl methyl sites for hydroxylation is 1. The van der Waals surface area contributed by atoms with Crippen molar-refractivity contribution >= 4 is 5.97 Å². The lowest BCUT2D eigenvalue weighted by Crippen LogP contribution is -2.07. The molecule has 0 unspecified atom stereocenters. The zero-order valence-corrected chi connectivity index (χ0v) is 10.3. The van der Waals surface area contributed by atoms with Crippen molar-refractivity contribution in [2.24, 2.45) is 0 Å². The molecule has 0 radical (unpaired) electrons. The monoisotopic (exact) mass is 238 g/mol. The number of aromatic carboxylic acids is 1. The van der Waals surface area contributed by atoms with Crippen molar-refractivity contribution in [1.29, 1.82) is 0 Å². The van der Waals surface area contributed by atoms with E-state index in [0.717, 1.165) is 12.8 Å². The lowest BCUT2D eigenvalue weighted by atomic mass is 10.2. The molecule has 0 bridgehead atoms. The van der Waals surface area contributed by atoms with Crippen LogP contribution in [-0.2, 0) is 0 Å². The van der Waals surface area contributed by atoms with Gasteiger partial charge in [-0.1, -0.05) is 26.2 Å². The van der Waals surface area contributed by atoms with Gasteiger partial charge in [-0.2, -0.15) is 4.98 Å². The van der Waals surface area contributed by atoms with E-state index in [0.29, 0.717) is 12.3 Å². The number of aromatic nitrogens is 2. The van der Waals surface area contributed by atoms with E-state index in [1.54, 1.807) is 6.92 Å². The summed E-state index contributed by atoms with van der Waals surface area (Å²) < 4.78 is 5.35. The van der Waals surface area contributed by atoms with Gasteiger partial charge in [-0.25, -0.2) is 9.78 Å². The minimum atomic E-state index is -1.02. The van der Waals surface area contributed by atoms with E-state index in [1.807, 2.05) is 0 Å². The third-order valence-corrected chi connectivity index (χ3v) is 2.42. The zero-order valence-electron chi connectivity index (χ0n) is 10.3. The molecule has 0 saturated carbocycles. The molecule has 0 aliphatic heterocycles. The lowest BCUT2D eigenvalue weighted by Gasteiger charge is -2.05. The minimum Gasteiger partial charge on any atom is -0.478 e. The Labute approximate surface area is 101 Å². The van der Waals surface area contributed by atoms with Gasteiger partial charge in [-0.15, -0.1) is 0 Å². The zero-order chi connectivity index (χ0) is 12.7. The first-order valence-electron chi connectivity index (χ1n) is 5.85. The number of carboxylic acid groups (broad SMARTS) is 1. The Kier molecular flexibility index (Phi) is 5.39. The average Bonchev–Trinajstić information content (AvgIpc) is 2.28. The maximum absolute atomic E-state index is 10.7. The molecule has 1 rings (SSSR count). The first kappa shape index (κ1) is 13.4. The van der Waals surface area contributed by atoms with Crippen molar-refractivity contribution in [2.75, 3.05) is 6.61 Å². The summed E-state index contributed by atoms with van der Waals surface area (Å²) >= 11 is 0. The molecule has 0 aliphatic rings. The average molecular weight is 238 g/mol. The maximum atomic E-state index is 10.7. The normalized spacial score (nSPS) is 10.2. The fourth-order valence-corrected chi connectivity index (χ4v) is 1.42. The van der Waals surface area contributed by atoms with Crippen molar-refractivity contribution in [2.45, 2.75) is 39.5 Å². The van der Waals surface area contributed by atoms with Crippen LogP contribution in [0.2, 0.25) is 0 Å². The molecule has 0 atom stereocenters. The van der Waals surface area contributed by atoms with E-state index in [9.17, 15) is 4.79 Å². The van der Waals surface area contributed by atoms with Gasteiger partial charge < -0.3 is 9.84 Å². The molecule has 1 N–H and O–H groups in total. The standard InChI is InChI=1S/C12H18N2O3/c1-3-4-5-6-7-17-12-13-8-10(11(15)16)9(2)14-12/h8H,3-7H2,1-2H3,(H,15,16). The number of unbranched alkanes of at least 4 members (excludes halogenated alkanes) is 3. The van der Waals surface area contributed by atoms with Crippen LogP contribution in [0.5, 0.6) is 6.01 Å². The summed E-state index contributed by atoms with van der Waals surface area (Å²) in [6, 6.07) is 0.254. The molecule has 5 nitrogen and oxygen atoms in total. The third-order valence-electron chi connectivity index (χ3n) is 2.42. The second-order valence-electron chi connectivity index (χ2n) is 3.87. The number of hydrogen-bond acceptors (Lipinski definition) is 4. The number of ether oxygens (including phenoxy) is 1. The summed E-state index contributed by atoms with van der Waals surface area (Å²) in [5.74, 6) is -1.02. The molecule has 0 saturated heterocycles. The molecule has 0 fully saturated rings. The van der Waals surface area contributed by atoms with Crippen LogP contribution in [-0.4, -0.2) is 27.7 Å². The number of carboxylic acids is 1. The number of rotatable bonds is 7. The fourth-order valence-electron chi connectivity index (χ4n) is 1.42. The van der Waals surface area contributed by atoms with Gasteiger partial charge >= 0.3 is 12.0 Å². The van der Waals surface area contributed by atoms with Crippen molar-refractivity contribution in [3.8, 4) is 6.01 Å². The highest BCUT2D eigenvalue weighted by molar-refractivity contribution is 5.88. The Bertz CT molecular complexity index is 380. The molecule has 0 aliphatic carbocycles. The van der Waals surface area contributed by atoms with Crippen LogP contribution in [0.1, 0.15) is 48.7 Å². The summed E-state index contributed by atoms with van der Waals surface area (Å²) in [6.45, 7) is 4.36. The quantitative estimate of drug-likeness (QED) is 0.738. The molecule has 1 aromatic rings. The molecule has 17 heavy (non-hydrogen) atoms. The SMILES string of the molecule is CCCCCCOc1ncc(C(=O)O)c(C)n1. The van der Waals surface area contributed by atoms with Gasteiger partial charge in [0.2, 0.25) is 0 Å². The lowest BCUT2D eigenvalue weighted by molar-refractivity contribution is 0.0695. The van der Waals surface area contributed by atoms with Crippen LogP contribution in [0.15, 0.2) is 6.20 Å². The highest BCUT2D eigenvalue weighted by Gasteiger charge is 2.10. The summed E-state index contributed by atoms with van der Waals surface area (Å²) in [5.41, 5.74) is 0.541. The van der Waals surface area contributed by atoms with Gasteiger partial charge in [-0.3, -0.25) is 0 Å². The van der Waals surface area contributed by atoms with E-state index < -0.39 is 5.97 Å². The summed E-state index contributed by atoms with van der Waals surface area (Å²) in [7, 11) is 0. The molecule has 0 spiro atoms. The topological polar surface area (TPSA) is 72.3 Å². The molecular formula is C12H18N2O3. The van der Waals surface area contributed by atoms with Crippen LogP contribution in [0.4, 0.5) is 0 Å². The van der Waals surface area contributed by atoms with Gasteiger partial charge in [0.25, 0.3) is 0 Å². The maximum Gasteiger partial charge on any atom is 0.339 e. The summed E-state index contributed by atoms with van der Waals surface area (Å²) in [5, 5.41) is 8.81. The first-order chi connectivity index (χ1) is 8.15. The van der Waals surface area contributed by atoms with E-state index in [-0.39, 0.29) is 11.6 Å².